The summed E-state index contributed by atoms with van der Waals surface area (Å²) < 4.78 is 0. The number of aliphatic hydroxyl groups is 1. The van der Waals surface area contributed by atoms with E-state index in [0.717, 1.165) is 0 Å². The van der Waals surface area contributed by atoms with Gasteiger partial charge in [0.05, 0.1) is 0 Å². The fraction of sp³-hybridized carbons (Fsp3) is 0.667. The molecule has 0 fully saturated rings. The Morgan fingerprint density at radius 3 is 2.14 bits per heavy atom. The summed E-state index contributed by atoms with van der Waals surface area (Å²) in [6.45, 7) is -0.331. The van der Waals surface area contributed by atoms with Gasteiger partial charge in [-0.2, -0.15) is 0 Å². The summed E-state index contributed by atoms with van der Waals surface area (Å²) in [6, 6.07) is 0. The number of aliphatic hydroxyl groups excluding tert-OH is 1. The number of hydrogen-bond donors (Lipinski definition) is 1. The van der Waals surface area contributed by atoms with Crippen LogP contribution in [0.1, 0.15) is 6.42 Å². The van der Waals surface area contributed by atoms with Gasteiger partial charge in [-0.1, -0.05) is 0 Å². The second-order valence-corrected chi connectivity index (χ2v) is 0.846. The monoisotopic (exact) mass is 222 g/mol. The third-order valence-electron chi connectivity index (χ3n) is 0.316. The summed E-state index contributed by atoms with van der Waals surface area (Å²) in [7, 11) is 0. The summed E-state index contributed by atoms with van der Waals surface area (Å²) in [5, 5.41) is 17.1. The molecule has 0 aliphatic carbocycles. The quantitative estimate of drug-likeness (QED) is 0.509. The van der Waals surface area contributed by atoms with Crippen LogP contribution in [0, 0.1) is 0 Å². The van der Waals surface area contributed by atoms with Gasteiger partial charge in [0, 0.05) is 19.0 Å². The van der Waals surface area contributed by atoms with Gasteiger partial charge in [-0.15, -0.1) is 0 Å². The van der Waals surface area contributed by atoms with Gasteiger partial charge in [-0.3, -0.25) is 0 Å². The minimum Gasteiger partial charge on any atom is -0.550 e. The van der Waals surface area contributed by atoms with Crippen molar-refractivity contribution in [3.8, 4) is 0 Å². The van der Waals surface area contributed by atoms with Crippen molar-refractivity contribution in [3.05, 3.63) is 0 Å². The Morgan fingerprint density at radius 2 is 2.14 bits per heavy atom. The van der Waals surface area contributed by atoms with E-state index in [9.17, 15) is 9.90 Å². The molecule has 0 amide bonds. The van der Waals surface area contributed by atoms with E-state index in [1.165, 1.54) is 0 Å². The predicted octanol–water partition coefficient (Wildman–Crippen LogP) is -4.88. The number of aliphatic carboxylic acids is 1. The van der Waals surface area contributed by atoms with Gasteiger partial charge in [-0.25, -0.2) is 0 Å². The van der Waals surface area contributed by atoms with Crippen molar-refractivity contribution in [1.29, 1.82) is 0 Å². The Kier molecular flexibility index (Phi) is 12.1. The van der Waals surface area contributed by atoms with Crippen LogP contribution in [0.2, 0.25) is 0 Å². The molecule has 0 spiro atoms. The van der Waals surface area contributed by atoms with Gasteiger partial charge in [0.1, 0.15) is 0 Å². The van der Waals surface area contributed by atoms with Gasteiger partial charge < -0.3 is 15.0 Å². The fourth-order valence-corrected chi connectivity index (χ4v) is 0.0913. The zero-order valence-electron chi connectivity index (χ0n) is 4.18. The first-order valence-electron chi connectivity index (χ1n) is 1.58. The normalized spacial score (nSPS) is 7.00. The number of carboxylic acids is 1. The SMILES string of the molecule is O=C([O-])CCO.[Cs+]. The van der Waals surface area contributed by atoms with Crippen LogP contribution in [0.15, 0.2) is 0 Å². The first-order valence-corrected chi connectivity index (χ1v) is 1.58. The molecule has 0 heterocycles. The molecule has 0 atom stereocenters. The van der Waals surface area contributed by atoms with Crippen molar-refractivity contribution < 1.29 is 83.9 Å². The molecule has 0 radical (unpaired) electrons. The number of carbonyl (C=O) groups is 1. The van der Waals surface area contributed by atoms with E-state index in [1.54, 1.807) is 0 Å². The summed E-state index contributed by atoms with van der Waals surface area (Å²) in [6.07, 6.45) is -0.264. The van der Waals surface area contributed by atoms with Crippen molar-refractivity contribution in [2.75, 3.05) is 6.61 Å². The third kappa shape index (κ3) is 11.2. The zero-order chi connectivity index (χ0) is 4.99. The van der Waals surface area contributed by atoms with Crippen molar-refractivity contribution in [2.45, 2.75) is 6.42 Å². The first kappa shape index (κ1) is 11.3. The van der Waals surface area contributed by atoms with E-state index in [-0.39, 0.29) is 81.9 Å². The molecule has 0 aromatic heterocycles. The van der Waals surface area contributed by atoms with Crippen molar-refractivity contribution in [2.24, 2.45) is 0 Å². The van der Waals surface area contributed by atoms with Crippen LogP contribution in [0.3, 0.4) is 0 Å². The molecule has 4 heteroatoms. The van der Waals surface area contributed by atoms with Gasteiger partial charge >= 0.3 is 68.9 Å². The van der Waals surface area contributed by atoms with E-state index in [4.69, 9.17) is 5.11 Å². The van der Waals surface area contributed by atoms with Crippen LogP contribution in [-0.4, -0.2) is 17.7 Å². The maximum atomic E-state index is 9.33. The molecule has 0 aromatic carbocycles. The molecule has 0 rings (SSSR count). The molecule has 36 valence electrons. The molecule has 0 unspecified atom stereocenters. The Labute approximate surface area is 101 Å². The molecular weight excluding hydrogens is 217 g/mol. The number of carboxylic acid groups (broad SMARTS) is 1. The van der Waals surface area contributed by atoms with Crippen LogP contribution in [0.4, 0.5) is 0 Å². The van der Waals surface area contributed by atoms with Gasteiger partial charge in [-0.05, 0) is 0 Å². The maximum Gasteiger partial charge on any atom is 1.00 e. The van der Waals surface area contributed by atoms with Gasteiger partial charge in [0.2, 0.25) is 0 Å². The molecule has 0 aromatic rings. The van der Waals surface area contributed by atoms with Crippen LogP contribution in [0.25, 0.3) is 0 Å². The number of hydrogen-bond acceptors (Lipinski definition) is 3. The molecule has 0 bridgehead atoms. The van der Waals surface area contributed by atoms with E-state index >= 15 is 0 Å². The van der Waals surface area contributed by atoms with Crippen LogP contribution in [0.5, 0.6) is 0 Å². The van der Waals surface area contributed by atoms with Crippen LogP contribution in [-0.2, 0) is 4.79 Å². The standard InChI is InChI=1S/C3H6O3.Cs/c4-2-1-3(5)6;/h4H,1-2H2,(H,5,6);/q;+1/p-1. The summed E-state index contributed by atoms with van der Waals surface area (Å²) in [5.41, 5.74) is 0. The minimum absolute atomic E-state index is 0. The average Bonchev–Trinajstić information content (AvgIpc) is 1.35. The van der Waals surface area contributed by atoms with E-state index in [1.807, 2.05) is 0 Å². The molecule has 1 N–H and O–H groups in total. The maximum absolute atomic E-state index is 9.33. The van der Waals surface area contributed by atoms with Gasteiger partial charge in [0.15, 0.2) is 0 Å². The third-order valence-corrected chi connectivity index (χ3v) is 0.316. The Morgan fingerprint density at radius 1 is 1.71 bits per heavy atom. The Bertz CT molecular complexity index is 54.1. The Hall–Kier alpha value is 1.48. The molecule has 0 aliphatic rings. The van der Waals surface area contributed by atoms with Crippen molar-refractivity contribution in [3.63, 3.8) is 0 Å². The molecular formula is C3H5CsO3. The van der Waals surface area contributed by atoms with Crippen LogP contribution < -0.4 is 74.0 Å². The van der Waals surface area contributed by atoms with Crippen molar-refractivity contribution >= 4 is 5.97 Å². The molecule has 0 saturated carbocycles. The van der Waals surface area contributed by atoms with Crippen molar-refractivity contribution in [1.82, 2.24) is 0 Å². The molecule has 3 nitrogen and oxygen atoms in total. The molecule has 0 saturated heterocycles. The summed E-state index contributed by atoms with van der Waals surface area (Å²) in [5.74, 6) is -1.21. The predicted molar refractivity (Wildman–Crippen MR) is 16.7 cm³/mol. The van der Waals surface area contributed by atoms with Crippen LogP contribution >= 0.6 is 0 Å². The molecule has 7 heavy (non-hydrogen) atoms. The minimum atomic E-state index is -1.21. The zero-order valence-corrected chi connectivity index (χ0v) is 10.5. The van der Waals surface area contributed by atoms with E-state index < -0.39 is 5.97 Å². The second-order valence-electron chi connectivity index (χ2n) is 0.846. The average molecular weight is 222 g/mol. The summed E-state index contributed by atoms with van der Waals surface area (Å²) in [4.78, 5) is 9.33. The fourth-order valence-electron chi connectivity index (χ4n) is 0.0913. The second kappa shape index (κ2) is 7.48. The van der Waals surface area contributed by atoms with Gasteiger partial charge in [0.25, 0.3) is 0 Å². The number of rotatable bonds is 2. The smallest absolute Gasteiger partial charge is 0.550 e. The summed E-state index contributed by atoms with van der Waals surface area (Å²) >= 11 is 0. The largest absolute Gasteiger partial charge is 1.00 e. The Balaban J connectivity index is 0. The van der Waals surface area contributed by atoms with E-state index in [0.29, 0.717) is 0 Å². The van der Waals surface area contributed by atoms with E-state index in [2.05, 4.69) is 0 Å². The number of carbonyl (C=O) groups excluding carboxylic acids is 1. The topological polar surface area (TPSA) is 60.4 Å². The first-order chi connectivity index (χ1) is 2.77. The molecule has 0 aliphatic heterocycles.